The predicted molar refractivity (Wildman–Crippen MR) is 81.5 cm³/mol. The highest BCUT2D eigenvalue weighted by Crippen LogP contribution is 2.24. The standard InChI is InChI=1S/C15H24N4/c1-11(15(2,3)10-19(4)5)16-14-17-12-8-6-7-9-13(12)18-14/h6-9,11H,10H2,1-5H3,(H2,16,17,18). The molecule has 0 aliphatic carbocycles. The van der Waals surface area contributed by atoms with Gasteiger partial charge in [-0.15, -0.1) is 0 Å². The number of nitrogens with zero attached hydrogens (tertiary/aromatic N) is 2. The van der Waals surface area contributed by atoms with Crippen LogP contribution in [0.15, 0.2) is 24.3 Å². The lowest BCUT2D eigenvalue weighted by Crippen LogP contribution is -2.41. The number of H-pyrrole nitrogens is 1. The molecule has 0 aliphatic heterocycles. The van der Waals surface area contributed by atoms with Crippen LogP contribution in [0.5, 0.6) is 0 Å². The summed E-state index contributed by atoms with van der Waals surface area (Å²) in [6.07, 6.45) is 0. The second-order valence-electron chi connectivity index (χ2n) is 6.19. The van der Waals surface area contributed by atoms with Crippen LogP contribution in [0, 0.1) is 5.41 Å². The minimum Gasteiger partial charge on any atom is -0.353 e. The largest absolute Gasteiger partial charge is 0.353 e. The van der Waals surface area contributed by atoms with Gasteiger partial charge in [0.25, 0.3) is 0 Å². The minimum absolute atomic E-state index is 0.169. The number of nitrogens with one attached hydrogen (secondary N) is 2. The van der Waals surface area contributed by atoms with E-state index in [0.717, 1.165) is 23.5 Å². The van der Waals surface area contributed by atoms with Gasteiger partial charge in [-0.05, 0) is 38.6 Å². The third-order valence-corrected chi connectivity index (χ3v) is 3.64. The molecule has 1 atom stereocenters. The van der Waals surface area contributed by atoms with Gasteiger partial charge >= 0.3 is 0 Å². The summed E-state index contributed by atoms with van der Waals surface area (Å²) in [4.78, 5) is 10.1. The highest BCUT2D eigenvalue weighted by Gasteiger charge is 2.27. The molecule has 0 saturated carbocycles. The molecule has 0 saturated heterocycles. The number of para-hydroxylation sites is 2. The number of benzene rings is 1. The molecule has 2 rings (SSSR count). The molecule has 104 valence electrons. The maximum Gasteiger partial charge on any atom is 0.201 e. The van der Waals surface area contributed by atoms with E-state index in [9.17, 15) is 0 Å². The van der Waals surface area contributed by atoms with E-state index < -0.39 is 0 Å². The van der Waals surface area contributed by atoms with Gasteiger partial charge in [0, 0.05) is 12.6 Å². The molecule has 0 aliphatic rings. The molecule has 4 nitrogen and oxygen atoms in total. The molecule has 1 heterocycles. The monoisotopic (exact) mass is 260 g/mol. The number of aromatic amines is 1. The molecule has 1 aromatic heterocycles. The topological polar surface area (TPSA) is 44.0 Å². The molecule has 2 N–H and O–H groups in total. The highest BCUT2D eigenvalue weighted by molar-refractivity contribution is 5.77. The summed E-state index contributed by atoms with van der Waals surface area (Å²) in [5.74, 6) is 0.848. The molecular weight excluding hydrogens is 236 g/mol. The fraction of sp³-hybridized carbons (Fsp3) is 0.533. The lowest BCUT2D eigenvalue weighted by atomic mass is 9.85. The van der Waals surface area contributed by atoms with E-state index in [2.05, 4.69) is 55.1 Å². The Morgan fingerprint density at radius 2 is 2.00 bits per heavy atom. The van der Waals surface area contributed by atoms with Crippen molar-refractivity contribution in [1.82, 2.24) is 14.9 Å². The molecule has 0 fully saturated rings. The Morgan fingerprint density at radius 1 is 1.32 bits per heavy atom. The van der Waals surface area contributed by atoms with Gasteiger partial charge in [-0.1, -0.05) is 26.0 Å². The molecule has 0 radical (unpaired) electrons. The van der Waals surface area contributed by atoms with E-state index in [1.165, 1.54) is 0 Å². The molecule has 2 aromatic rings. The van der Waals surface area contributed by atoms with Gasteiger partial charge in [0.1, 0.15) is 0 Å². The van der Waals surface area contributed by atoms with Crippen LogP contribution in [0.25, 0.3) is 11.0 Å². The summed E-state index contributed by atoms with van der Waals surface area (Å²) in [6, 6.07) is 8.42. The van der Waals surface area contributed by atoms with Crippen LogP contribution in [-0.2, 0) is 0 Å². The third kappa shape index (κ3) is 3.26. The lowest BCUT2D eigenvalue weighted by molar-refractivity contribution is 0.217. The lowest BCUT2D eigenvalue weighted by Gasteiger charge is -2.34. The van der Waals surface area contributed by atoms with Crippen LogP contribution in [0.1, 0.15) is 20.8 Å². The van der Waals surface area contributed by atoms with Crippen molar-refractivity contribution in [2.45, 2.75) is 26.8 Å². The fourth-order valence-corrected chi connectivity index (χ4v) is 2.37. The molecule has 0 bridgehead atoms. The number of imidazole rings is 1. The zero-order valence-electron chi connectivity index (χ0n) is 12.5. The van der Waals surface area contributed by atoms with Crippen molar-refractivity contribution in [2.24, 2.45) is 5.41 Å². The summed E-state index contributed by atoms with van der Waals surface area (Å²) < 4.78 is 0. The summed E-state index contributed by atoms with van der Waals surface area (Å²) in [5.41, 5.74) is 2.24. The Hall–Kier alpha value is -1.55. The Labute approximate surface area is 115 Å². The molecule has 0 spiro atoms. The van der Waals surface area contributed by atoms with Crippen LogP contribution in [0.3, 0.4) is 0 Å². The van der Waals surface area contributed by atoms with E-state index in [1.54, 1.807) is 0 Å². The molecule has 0 amide bonds. The van der Waals surface area contributed by atoms with Gasteiger partial charge in [-0.25, -0.2) is 4.98 Å². The average Bonchev–Trinajstić information content (AvgIpc) is 2.69. The second kappa shape index (κ2) is 5.21. The van der Waals surface area contributed by atoms with Gasteiger partial charge in [-0.3, -0.25) is 0 Å². The average molecular weight is 260 g/mol. The maximum atomic E-state index is 4.57. The third-order valence-electron chi connectivity index (χ3n) is 3.64. The number of hydrogen-bond acceptors (Lipinski definition) is 3. The molecule has 19 heavy (non-hydrogen) atoms. The first kappa shape index (κ1) is 13.9. The SMILES string of the molecule is CC(Nc1nc2ccccc2[nH]1)C(C)(C)CN(C)C. The first-order chi connectivity index (χ1) is 8.88. The molecular formula is C15H24N4. The van der Waals surface area contributed by atoms with Crippen molar-refractivity contribution < 1.29 is 0 Å². The molecule has 1 aromatic carbocycles. The normalized spacial score (nSPS) is 14.0. The Balaban J connectivity index is 2.11. The number of fused-ring (bicyclic) bond motifs is 1. The Bertz CT molecular complexity index is 509. The fourth-order valence-electron chi connectivity index (χ4n) is 2.37. The quantitative estimate of drug-likeness (QED) is 0.868. The van der Waals surface area contributed by atoms with Crippen LogP contribution in [0.2, 0.25) is 0 Å². The van der Waals surface area contributed by atoms with E-state index in [0.29, 0.717) is 6.04 Å². The summed E-state index contributed by atoms with van der Waals surface area (Å²) >= 11 is 0. The number of aromatic nitrogens is 2. The van der Waals surface area contributed by atoms with Gasteiger partial charge in [0.2, 0.25) is 5.95 Å². The zero-order valence-corrected chi connectivity index (χ0v) is 12.5. The number of rotatable bonds is 5. The second-order valence-corrected chi connectivity index (χ2v) is 6.19. The van der Waals surface area contributed by atoms with E-state index in [1.807, 2.05) is 24.3 Å². The van der Waals surface area contributed by atoms with Gasteiger partial charge in [0.05, 0.1) is 11.0 Å². The highest BCUT2D eigenvalue weighted by atomic mass is 15.1. The van der Waals surface area contributed by atoms with Crippen molar-refractivity contribution in [2.75, 3.05) is 26.0 Å². The number of hydrogen-bond donors (Lipinski definition) is 2. The van der Waals surface area contributed by atoms with E-state index >= 15 is 0 Å². The van der Waals surface area contributed by atoms with Crippen molar-refractivity contribution in [3.05, 3.63) is 24.3 Å². The summed E-state index contributed by atoms with van der Waals surface area (Å²) in [7, 11) is 4.21. The summed E-state index contributed by atoms with van der Waals surface area (Å²) in [5, 5.41) is 3.48. The van der Waals surface area contributed by atoms with Crippen molar-refractivity contribution in [1.29, 1.82) is 0 Å². The first-order valence-electron chi connectivity index (χ1n) is 6.74. The van der Waals surface area contributed by atoms with Crippen LogP contribution in [0.4, 0.5) is 5.95 Å². The molecule has 4 heteroatoms. The van der Waals surface area contributed by atoms with Gasteiger partial charge in [-0.2, -0.15) is 0 Å². The van der Waals surface area contributed by atoms with Crippen molar-refractivity contribution >= 4 is 17.0 Å². The first-order valence-corrected chi connectivity index (χ1v) is 6.74. The Morgan fingerprint density at radius 3 is 2.63 bits per heavy atom. The maximum absolute atomic E-state index is 4.57. The predicted octanol–water partition coefficient (Wildman–Crippen LogP) is 2.95. The van der Waals surface area contributed by atoms with Crippen LogP contribution >= 0.6 is 0 Å². The zero-order chi connectivity index (χ0) is 14.0. The van der Waals surface area contributed by atoms with Crippen LogP contribution in [-0.4, -0.2) is 41.5 Å². The van der Waals surface area contributed by atoms with E-state index in [-0.39, 0.29) is 5.41 Å². The van der Waals surface area contributed by atoms with Crippen molar-refractivity contribution in [3.63, 3.8) is 0 Å². The van der Waals surface area contributed by atoms with Gasteiger partial charge < -0.3 is 15.2 Å². The van der Waals surface area contributed by atoms with E-state index in [4.69, 9.17) is 0 Å². The van der Waals surface area contributed by atoms with Gasteiger partial charge in [0.15, 0.2) is 0 Å². The van der Waals surface area contributed by atoms with Crippen molar-refractivity contribution in [3.8, 4) is 0 Å². The molecule has 1 unspecified atom stereocenters. The number of anilines is 1. The Kier molecular flexibility index (Phi) is 3.80. The summed E-state index contributed by atoms with van der Waals surface area (Å²) in [6.45, 7) is 7.78. The minimum atomic E-state index is 0.169. The smallest absolute Gasteiger partial charge is 0.201 e. The van der Waals surface area contributed by atoms with Crippen LogP contribution < -0.4 is 5.32 Å².